The Kier molecular flexibility index (Phi) is 5.33. The molecule has 0 fully saturated rings. The molecule has 28 heavy (non-hydrogen) atoms. The van der Waals surface area contributed by atoms with Gasteiger partial charge in [0.2, 0.25) is 5.91 Å². The Balaban J connectivity index is 2.15. The molecule has 140 valence electrons. The summed E-state index contributed by atoms with van der Waals surface area (Å²) in [4.78, 5) is 38.8. The fourth-order valence-electron chi connectivity index (χ4n) is 2.64. The van der Waals surface area contributed by atoms with Gasteiger partial charge >= 0.3 is 0 Å². The summed E-state index contributed by atoms with van der Waals surface area (Å²) in [7, 11) is 0. The van der Waals surface area contributed by atoms with Gasteiger partial charge in [0.05, 0.1) is 21.7 Å². The third-order valence-electron chi connectivity index (χ3n) is 3.78. The van der Waals surface area contributed by atoms with Crippen molar-refractivity contribution >= 4 is 44.7 Å². The molecule has 0 radical (unpaired) electrons. The van der Waals surface area contributed by atoms with E-state index in [1.165, 1.54) is 42.5 Å². The third kappa shape index (κ3) is 3.82. The molecule has 3 aromatic rings. The van der Waals surface area contributed by atoms with E-state index in [0.717, 1.165) is 10.2 Å². The van der Waals surface area contributed by atoms with Crippen LogP contribution in [0.2, 0.25) is 0 Å². The van der Waals surface area contributed by atoms with Crippen LogP contribution in [0.3, 0.4) is 0 Å². The quantitative estimate of drug-likeness (QED) is 0.417. The Morgan fingerprint density at radius 1 is 1.32 bits per heavy atom. The van der Waals surface area contributed by atoms with Crippen LogP contribution in [0, 0.1) is 22.5 Å². The molecule has 0 unspecified atom stereocenters. The first kappa shape index (κ1) is 19.0. The van der Waals surface area contributed by atoms with Gasteiger partial charge < -0.3 is 9.88 Å². The molecule has 0 aliphatic carbocycles. The summed E-state index contributed by atoms with van der Waals surface area (Å²) < 4.78 is 2.43. The predicted octanol–water partition coefficient (Wildman–Crippen LogP) is 2.94. The number of nitro groups is 1. The molecule has 1 heterocycles. The molecule has 0 bridgehead atoms. The number of hydrogen-bond donors (Lipinski definition) is 1. The van der Waals surface area contributed by atoms with Crippen molar-refractivity contribution in [2.75, 3.05) is 5.32 Å². The Morgan fingerprint density at radius 2 is 2.07 bits per heavy atom. The second kappa shape index (κ2) is 7.85. The highest BCUT2D eigenvalue weighted by Crippen LogP contribution is 2.23. The molecule has 3 rings (SSSR count). The topological polar surface area (TPSA) is 107 Å². The molecule has 0 aliphatic rings. The number of aromatic nitrogens is 1. The van der Waals surface area contributed by atoms with Gasteiger partial charge in [-0.2, -0.15) is 4.99 Å². The number of benzene rings is 2. The Hall–Kier alpha value is -3.77. The first-order valence-corrected chi connectivity index (χ1v) is 8.89. The Labute approximate surface area is 163 Å². The number of carbonyl (C=O) groups excluding carboxylic acids is 2. The molecule has 2 aromatic carbocycles. The number of thiazole rings is 1. The van der Waals surface area contributed by atoms with Crippen molar-refractivity contribution in [3.63, 3.8) is 0 Å². The molecule has 1 aromatic heterocycles. The molecule has 8 nitrogen and oxygen atoms in total. The molecular formula is C19H14N4O4S. The molecule has 0 spiro atoms. The van der Waals surface area contributed by atoms with Gasteiger partial charge in [0.1, 0.15) is 5.56 Å². The van der Waals surface area contributed by atoms with Crippen LogP contribution in [0.15, 0.2) is 47.5 Å². The summed E-state index contributed by atoms with van der Waals surface area (Å²) in [6.07, 6.45) is 5.44. The summed E-state index contributed by atoms with van der Waals surface area (Å²) in [5.41, 5.74) is 0.932. The van der Waals surface area contributed by atoms with Crippen LogP contribution in [-0.4, -0.2) is 21.3 Å². The summed E-state index contributed by atoms with van der Waals surface area (Å²) in [6.45, 7) is 1.58. The van der Waals surface area contributed by atoms with Crippen LogP contribution in [0.1, 0.15) is 17.3 Å². The molecule has 1 N–H and O–H groups in total. The lowest BCUT2D eigenvalue weighted by Gasteiger charge is -2.03. The van der Waals surface area contributed by atoms with Gasteiger partial charge in [-0.05, 0) is 24.3 Å². The zero-order chi connectivity index (χ0) is 20.3. The van der Waals surface area contributed by atoms with Gasteiger partial charge in [-0.15, -0.1) is 6.42 Å². The zero-order valence-corrected chi connectivity index (χ0v) is 15.5. The van der Waals surface area contributed by atoms with Crippen LogP contribution >= 0.6 is 11.3 Å². The standard InChI is InChI=1S/C19H14N4O4S/c1-3-10-22-16-9-8-13(20-12(2)24)11-17(16)28-19(22)21-18(25)14-6-4-5-7-15(14)23(26)27/h1,4-9,11H,10H2,2H3,(H,20,24). The highest BCUT2D eigenvalue weighted by atomic mass is 32.1. The Morgan fingerprint density at radius 3 is 2.75 bits per heavy atom. The fourth-order valence-corrected chi connectivity index (χ4v) is 3.71. The molecule has 0 saturated carbocycles. The summed E-state index contributed by atoms with van der Waals surface area (Å²) >= 11 is 1.20. The minimum atomic E-state index is -0.730. The van der Waals surface area contributed by atoms with Crippen molar-refractivity contribution in [1.82, 2.24) is 4.57 Å². The van der Waals surface area contributed by atoms with Crippen molar-refractivity contribution in [2.45, 2.75) is 13.5 Å². The van der Waals surface area contributed by atoms with Crippen molar-refractivity contribution < 1.29 is 14.5 Å². The second-order valence-electron chi connectivity index (χ2n) is 5.73. The van der Waals surface area contributed by atoms with E-state index < -0.39 is 10.8 Å². The third-order valence-corrected chi connectivity index (χ3v) is 4.82. The number of nitrogens with zero attached hydrogens (tertiary/aromatic N) is 3. The monoisotopic (exact) mass is 394 g/mol. The van der Waals surface area contributed by atoms with E-state index in [9.17, 15) is 19.7 Å². The highest BCUT2D eigenvalue weighted by molar-refractivity contribution is 7.16. The molecular weight excluding hydrogens is 380 g/mol. The maximum absolute atomic E-state index is 12.6. The van der Waals surface area contributed by atoms with Crippen molar-refractivity contribution in [1.29, 1.82) is 0 Å². The van der Waals surface area contributed by atoms with E-state index in [1.807, 2.05) is 0 Å². The number of hydrogen-bond acceptors (Lipinski definition) is 5. The minimum absolute atomic E-state index is 0.101. The highest BCUT2D eigenvalue weighted by Gasteiger charge is 2.19. The predicted molar refractivity (Wildman–Crippen MR) is 106 cm³/mol. The number of carbonyl (C=O) groups is 2. The lowest BCUT2D eigenvalue weighted by molar-refractivity contribution is -0.385. The number of para-hydroxylation sites is 1. The number of fused-ring (bicyclic) bond motifs is 1. The average Bonchev–Trinajstić information content (AvgIpc) is 2.98. The summed E-state index contributed by atoms with van der Waals surface area (Å²) in [6, 6.07) is 10.9. The van der Waals surface area contributed by atoms with Gasteiger partial charge in [-0.25, -0.2) is 0 Å². The molecule has 2 amide bonds. The number of nitro benzene ring substituents is 1. The van der Waals surface area contributed by atoms with E-state index in [1.54, 1.807) is 22.8 Å². The van der Waals surface area contributed by atoms with E-state index in [2.05, 4.69) is 16.2 Å². The van der Waals surface area contributed by atoms with Crippen molar-refractivity contribution in [3.05, 3.63) is 62.9 Å². The van der Waals surface area contributed by atoms with Gasteiger partial charge in [0, 0.05) is 18.7 Å². The average molecular weight is 394 g/mol. The van der Waals surface area contributed by atoms with Crippen LogP contribution < -0.4 is 10.1 Å². The van der Waals surface area contributed by atoms with Gasteiger partial charge in [0.25, 0.3) is 11.6 Å². The zero-order valence-electron chi connectivity index (χ0n) is 14.7. The first-order chi connectivity index (χ1) is 13.4. The number of anilines is 1. The van der Waals surface area contributed by atoms with E-state index in [0.29, 0.717) is 10.5 Å². The lowest BCUT2D eigenvalue weighted by Crippen LogP contribution is -2.16. The SMILES string of the molecule is C#CCn1c(=NC(=O)c2ccccc2[N+](=O)[O-])sc2cc(NC(C)=O)ccc21. The van der Waals surface area contributed by atoms with Crippen LogP contribution in [-0.2, 0) is 11.3 Å². The van der Waals surface area contributed by atoms with Crippen molar-refractivity contribution in [2.24, 2.45) is 4.99 Å². The van der Waals surface area contributed by atoms with Crippen LogP contribution in [0.25, 0.3) is 10.2 Å². The van der Waals surface area contributed by atoms with Crippen molar-refractivity contribution in [3.8, 4) is 12.3 Å². The number of terminal acetylenes is 1. The van der Waals surface area contributed by atoms with Gasteiger partial charge in [-0.3, -0.25) is 19.7 Å². The summed E-state index contributed by atoms with van der Waals surface area (Å²) in [5.74, 6) is 1.58. The lowest BCUT2D eigenvalue weighted by atomic mass is 10.2. The van der Waals surface area contributed by atoms with E-state index in [-0.39, 0.29) is 23.7 Å². The maximum Gasteiger partial charge on any atom is 0.286 e. The number of nitrogens with one attached hydrogen (secondary N) is 1. The van der Waals surface area contributed by atoms with Crippen LogP contribution in [0.4, 0.5) is 11.4 Å². The fraction of sp³-hybridized carbons (Fsp3) is 0.105. The number of amides is 2. The van der Waals surface area contributed by atoms with E-state index >= 15 is 0 Å². The number of rotatable bonds is 4. The second-order valence-corrected chi connectivity index (χ2v) is 6.74. The van der Waals surface area contributed by atoms with E-state index in [4.69, 9.17) is 6.42 Å². The Bertz CT molecular complexity index is 1220. The molecule has 0 aliphatic heterocycles. The van der Waals surface area contributed by atoms with Gasteiger partial charge in [-0.1, -0.05) is 29.4 Å². The van der Waals surface area contributed by atoms with Crippen LogP contribution in [0.5, 0.6) is 0 Å². The smallest absolute Gasteiger partial charge is 0.286 e. The van der Waals surface area contributed by atoms with Gasteiger partial charge in [0.15, 0.2) is 4.80 Å². The molecule has 0 saturated heterocycles. The maximum atomic E-state index is 12.6. The largest absolute Gasteiger partial charge is 0.326 e. The molecule has 0 atom stereocenters. The molecule has 9 heteroatoms. The first-order valence-electron chi connectivity index (χ1n) is 8.07. The normalized spacial score (nSPS) is 11.2. The summed E-state index contributed by atoms with van der Waals surface area (Å²) in [5, 5.41) is 13.9. The minimum Gasteiger partial charge on any atom is -0.326 e.